The lowest BCUT2D eigenvalue weighted by atomic mass is 10.1. The molecule has 4 nitrogen and oxygen atoms in total. The Morgan fingerprint density at radius 3 is 2.45 bits per heavy atom. The number of carbonyl (C=O) groups is 1. The summed E-state index contributed by atoms with van der Waals surface area (Å²) in [4.78, 5) is 14.1. The molecule has 0 saturated carbocycles. The first-order valence-electron chi connectivity index (χ1n) is 6.54. The van der Waals surface area contributed by atoms with Crippen LogP contribution in [0.5, 0.6) is 0 Å². The van der Waals surface area contributed by atoms with Gasteiger partial charge in [-0.15, -0.1) is 0 Å². The van der Waals surface area contributed by atoms with Crippen molar-refractivity contribution < 1.29 is 4.79 Å². The van der Waals surface area contributed by atoms with Crippen LogP contribution in [-0.4, -0.2) is 18.2 Å². The summed E-state index contributed by atoms with van der Waals surface area (Å²) in [6.45, 7) is 0.624. The molecule has 100 valence electrons. The van der Waals surface area contributed by atoms with Crippen LogP contribution in [0.4, 0.5) is 5.69 Å². The van der Waals surface area contributed by atoms with Crippen molar-refractivity contribution in [3.8, 4) is 0 Å². The SMILES string of the molecule is NN=C1C(=O)N(CCc2ccccc2)c2ccccc21. The van der Waals surface area contributed by atoms with Gasteiger partial charge >= 0.3 is 0 Å². The molecule has 0 atom stereocenters. The van der Waals surface area contributed by atoms with Gasteiger partial charge in [-0.3, -0.25) is 4.79 Å². The zero-order chi connectivity index (χ0) is 13.9. The summed E-state index contributed by atoms with van der Waals surface area (Å²) in [6, 6.07) is 17.7. The summed E-state index contributed by atoms with van der Waals surface area (Å²) in [7, 11) is 0. The number of nitrogens with zero attached hydrogens (tertiary/aromatic N) is 2. The minimum atomic E-state index is -0.121. The quantitative estimate of drug-likeness (QED) is 0.681. The summed E-state index contributed by atoms with van der Waals surface area (Å²) >= 11 is 0. The van der Waals surface area contributed by atoms with Gasteiger partial charge in [0, 0.05) is 12.1 Å². The van der Waals surface area contributed by atoms with Crippen LogP contribution in [0.3, 0.4) is 0 Å². The van der Waals surface area contributed by atoms with E-state index in [9.17, 15) is 4.79 Å². The van der Waals surface area contributed by atoms with Crippen LogP contribution in [0.1, 0.15) is 11.1 Å². The van der Waals surface area contributed by atoms with Gasteiger partial charge in [0.1, 0.15) is 0 Å². The number of carbonyl (C=O) groups excluding carboxylic acids is 1. The van der Waals surface area contributed by atoms with E-state index in [1.165, 1.54) is 5.56 Å². The van der Waals surface area contributed by atoms with Crippen molar-refractivity contribution in [1.82, 2.24) is 0 Å². The lowest BCUT2D eigenvalue weighted by Gasteiger charge is -2.16. The highest BCUT2D eigenvalue weighted by atomic mass is 16.2. The molecule has 3 rings (SSSR count). The Labute approximate surface area is 117 Å². The predicted octanol–water partition coefficient (Wildman–Crippen LogP) is 1.94. The molecular weight excluding hydrogens is 250 g/mol. The van der Waals surface area contributed by atoms with Crippen LogP contribution in [0.15, 0.2) is 59.7 Å². The average Bonchev–Trinajstić information content (AvgIpc) is 2.77. The second-order valence-electron chi connectivity index (χ2n) is 4.69. The molecule has 2 aromatic carbocycles. The second kappa shape index (κ2) is 5.17. The Morgan fingerprint density at radius 2 is 1.70 bits per heavy atom. The molecule has 0 radical (unpaired) electrons. The van der Waals surface area contributed by atoms with Gasteiger partial charge in [-0.25, -0.2) is 0 Å². The highest BCUT2D eigenvalue weighted by Crippen LogP contribution is 2.28. The number of anilines is 1. The van der Waals surface area contributed by atoms with Gasteiger partial charge in [-0.2, -0.15) is 5.10 Å². The van der Waals surface area contributed by atoms with Gasteiger partial charge in [-0.1, -0.05) is 48.5 Å². The summed E-state index contributed by atoms with van der Waals surface area (Å²) < 4.78 is 0. The van der Waals surface area contributed by atoms with Crippen molar-refractivity contribution in [3.63, 3.8) is 0 Å². The number of amides is 1. The fraction of sp³-hybridized carbons (Fsp3) is 0.125. The first-order chi connectivity index (χ1) is 9.81. The van der Waals surface area contributed by atoms with Crippen LogP contribution in [0, 0.1) is 0 Å². The van der Waals surface area contributed by atoms with Crippen LogP contribution in [-0.2, 0) is 11.2 Å². The van der Waals surface area contributed by atoms with Crippen LogP contribution < -0.4 is 10.7 Å². The molecule has 0 unspecified atom stereocenters. The zero-order valence-electron chi connectivity index (χ0n) is 11.0. The monoisotopic (exact) mass is 265 g/mol. The number of fused-ring (bicyclic) bond motifs is 1. The fourth-order valence-electron chi connectivity index (χ4n) is 2.49. The standard InChI is InChI=1S/C16H15N3O/c17-18-15-13-8-4-5-9-14(13)19(16(15)20)11-10-12-6-2-1-3-7-12/h1-9H,10-11,17H2. The Balaban J connectivity index is 1.85. The minimum absolute atomic E-state index is 0.121. The van der Waals surface area contributed by atoms with E-state index in [1.807, 2.05) is 42.5 Å². The van der Waals surface area contributed by atoms with E-state index in [0.29, 0.717) is 12.3 Å². The summed E-state index contributed by atoms with van der Waals surface area (Å²) in [5.41, 5.74) is 3.25. The van der Waals surface area contributed by atoms with E-state index in [2.05, 4.69) is 17.2 Å². The van der Waals surface area contributed by atoms with Crippen molar-refractivity contribution in [3.05, 3.63) is 65.7 Å². The Kier molecular flexibility index (Phi) is 3.21. The number of hydrazone groups is 1. The molecule has 0 spiro atoms. The van der Waals surface area contributed by atoms with Crippen molar-refractivity contribution >= 4 is 17.3 Å². The van der Waals surface area contributed by atoms with Crippen LogP contribution in [0.25, 0.3) is 0 Å². The maximum absolute atomic E-state index is 12.3. The number of rotatable bonds is 3. The van der Waals surface area contributed by atoms with E-state index in [0.717, 1.165) is 17.7 Å². The van der Waals surface area contributed by atoms with Crippen molar-refractivity contribution in [2.45, 2.75) is 6.42 Å². The molecule has 0 bridgehead atoms. The highest BCUT2D eigenvalue weighted by molar-refractivity contribution is 6.54. The van der Waals surface area contributed by atoms with Crippen molar-refractivity contribution in [2.75, 3.05) is 11.4 Å². The molecule has 1 amide bonds. The van der Waals surface area contributed by atoms with Gasteiger partial charge in [0.2, 0.25) is 0 Å². The first-order valence-corrected chi connectivity index (χ1v) is 6.54. The van der Waals surface area contributed by atoms with Crippen molar-refractivity contribution in [2.24, 2.45) is 10.9 Å². The van der Waals surface area contributed by atoms with Gasteiger partial charge < -0.3 is 10.7 Å². The van der Waals surface area contributed by atoms with Gasteiger partial charge in [-0.05, 0) is 18.1 Å². The second-order valence-corrected chi connectivity index (χ2v) is 4.69. The van der Waals surface area contributed by atoms with E-state index >= 15 is 0 Å². The molecule has 0 aliphatic carbocycles. The molecule has 2 N–H and O–H groups in total. The molecule has 0 saturated heterocycles. The smallest absolute Gasteiger partial charge is 0.279 e. The van der Waals surface area contributed by atoms with Gasteiger partial charge in [0.25, 0.3) is 5.91 Å². The maximum atomic E-state index is 12.3. The normalized spacial score (nSPS) is 15.7. The predicted molar refractivity (Wildman–Crippen MR) is 79.7 cm³/mol. The number of hydrogen-bond donors (Lipinski definition) is 1. The third kappa shape index (κ3) is 2.05. The highest BCUT2D eigenvalue weighted by Gasteiger charge is 2.33. The summed E-state index contributed by atoms with van der Waals surface area (Å²) in [6.07, 6.45) is 0.804. The van der Waals surface area contributed by atoms with Gasteiger partial charge in [0.15, 0.2) is 5.71 Å². The molecule has 0 fully saturated rings. The Hall–Kier alpha value is -2.62. The lowest BCUT2D eigenvalue weighted by molar-refractivity contribution is -0.112. The summed E-state index contributed by atoms with van der Waals surface area (Å²) in [5, 5.41) is 3.64. The summed E-state index contributed by atoms with van der Waals surface area (Å²) in [5.74, 6) is 5.23. The van der Waals surface area contributed by atoms with E-state index in [1.54, 1.807) is 4.90 Å². The van der Waals surface area contributed by atoms with Crippen LogP contribution >= 0.6 is 0 Å². The topological polar surface area (TPSA) is 58.7 Å². The largest absolute Gasteiger partial charge is 0.322 e. The Bertz CT molecular complexity index is 664. The third-order valence-corrected chi connectivity index (χ3v) is 3.49. The molecule has 20 heavy (non-hydrogen) atoms. The molecule has 0 aromatic heterocycles. The van der Waals surface area contributed by atoms with Crippen molar-refractivity contribution in [1.29, 1.82) is 0 Å². The number of nitrogens with two attached hydrogens (primary N) is 1. The fourth-order valence-corrected chi connectivity index (χ4v) is 2.49. The number of para-hydroxylation sites is 1. The number of hydrogen-bond acceptors (Lipinski definition) is 3. The first kappa shape index (κ1) is 12.4. The van der Waals surface area contributed by atoms with E-state index in [-0.39, 0.29) is 5.91 Å². The maximum Gasteiger partial charge on any atom is 0.279 e. The van der Waals surface area contributed by atoms with E-state index < -0.39 is 0 Å². The third-order valence-electron chi connectivity index (χ3n) is 3.49. The number of benzene rings is 2. The zero-order valence-corrected chi connectivity index (χ0v) is 11.0. The lowest BCUT2D eigenvalue weighted by Crippen LogP contribution is -2.32. The Morgan fingerprint density at radius 1 is 1.00 bits per heavy atom. The molecular formula is C16H15N3O. The van der Waals surface area contributed by atoms with E-state index in [4.69, 9.17) is 5.84 Å². The molecule has 1 aliphatic heterocycles. The minimum Gasteiger partial charge on any atom is -0.322 e. The molecule has 1 aliphatic rings. The molecule has 4 heteroatoms. The molecule has 1 heterocycles. The van der Waals surface area contributed by atoms with Crippen LogP contribution in [0.2, 0.25) is 0 Å². The molecule has 2 aromatic rings. The van der Waals surface area contributed by atoms with Gasteiger partial charge in [0.05, 0.1) is 5.69 Å². The average molecular weight is 265 g/mol.